The highest BCUT2D eigenvalue weighted by Crippen LogP contribution is 2.30. The van der Waals surface area contributed by atoms with Crippen LogP contribution in [0.5, 0.6) is 0 Å². The Bertz CT molecular complexity index is 586. The number of hydrogen-bond donors (Lipinski definition) is 1. The number of rotatable bonds is 5. The molecular formula is C14H17ClFN3S. The molecular weight excluding hydrogens is 297 g/mol. The maximum atomic E-state index is 14.0. The molecule has 1 atom stereocenters. The van der Waals surface area contributed by atoms with Gasteiger partial charge in [0, 0.05) is 6.04 Å². The van der Waals surface area contributed by atoms with Crippen LogP contribution in [-0.4, -0.2) is 16.6 Å². The average molecular weight is 314 g/mol. The first kappa shape index (κ1) is 15.4. The van der Waals surface area contributed by atoms with Gasteiger partial charge in [-0.1, -0.05) is 42.1 Å². The van der Waals surface area contributed by atoms with E-state index in [0.29, 0.717) is 17.9 Å². The van der Waals surface area contributed by atoms with Crippen molar-refractivity contribution in [2.45, 2.75) is 32.2 Å². The molecule has 0 aliphatic rings. The summed E-state index contributed by atoms with van der Waals surface area (Å²) in [6.45, 7) is 4.15. The number of nitrogens with zero attached hydrogens (tertiary/aromatic N) is 2. The zero-order valence-corrected chi connectivity index (χ0v) is 13.2. The normalized spacial score (nSPS) is 12.9. The lowest BCUT2D eigenvalue weighted by Crippen LogP contribution is -2.20. The lowest BCUT2D eigenvalue weighted by Gasteiger charge is -2.17. The summed E-state index contributed by atoms with van der Waals surface area (Å²) in [5, 5.41) is 7.55. The summed E-state index contributed by atoms with van der Waals surface area (Å²) in [6.07, 6.45) is 0.520. The van der Waals surface area contributed by atoms with Gasteiger partial charge >= 0.3 is 0 Å². The smallest absolute Gasteiger partial charge is 0.145 e. The molecule has 0 fully saturated rings. The molecule has 1 aromatic heterocycles. The van der Waals surface area contributed by atoms with Crippen LogP contribution in [0.1, 0.15) is 41.9 Å². The predicted molar refractivity (Wildman–Crippen MR) is 80.9 cm³/mol. The Kier molecular flexibility index (Phi) is 5.07. The Morgan fingerprint density at radius 2 is 2.15 bits per heavy atom. The standard InChI is InChI=1S/C14H17ClFN3S/c1-8(2)13-14(20-19-18-13)11(17-3)7-9-5-4-6-10(15)12(9)16/h4-6,8,11,17H,7H2,1-3H3. The first-order valence-electron chi connectivity index (χ1n) is 6.46. The molecule has 0 aliphatic carbocycles. The van der Waals surface area contributed by atoms with Crippen molar-refractivity contribution in [1.29, 1.82) is 0 Å². The van der Waals surface area contributed by atoms with Crippen LogP contribution in [0.25, 0.3) is 0 Å². The summed E-state index contributed by atoms with van der Waals surface area (Å²) in [6, 6.07) is 5.07. The van der Waals surface area contributed by atoms with E-state index in [-0.39, 0.29) is 16.9 Å². The second-order valence-electron chi connectivity index (χ2n) is 4.94. The highest BCUT2D eigenvalue weighted by molar-refractivity contribution is 7.05. The molecule has 2 aromatic rings. The fraction of sp³-hybridized carbons (Fsp3) is 0.429. The Balaban J connectivity index is 2.29. The number of aromatic nitrogens is 2. The molecule has 1 N–H and O–H groups in total. The Morgan fingerprint density at radius 1 is 1.40 bits per heavy atom. The Labute approximate surface area is 127 Å². The molecule has 2 rings (SSSR count). The van der Waals surface area contributed by atoms with Gasteiger partial charge in [0.1, 0.15) is 5.82 Å². The fourth-order valence-corrected chi connectivity index (χ4v) is 3.21. The van der Waals surface area contributed by atoms with Crippen LogP contribution in [0.4, 0.5) is 4.39 Å². The Hall–Kier alpha value is -1.04. The SMILES string of the molecule is CNC(Cc1cccc(Cl)c1F)c1snnc1C(C)C. The van der Waals surface area contributed by atoms with Gasteiger partial charge in [0.05, 0.1) is 15.6 Å². The molecule has 0 aliphatic heterocycles. The highest BCUT2D eigenvalue weighted by Gasteiger charge is 2.21. The summed E-state index contributed by atoms with van der Waals surface area (Å²) in [5.41, 5.74) is 1.57. The molecule has 0 saturated carbocycles. The van der Waals surface area contributed by atoms with E-state index >= 15 is 0 Å². The van der Waals surface area contributed by atoms with Crippen molar-refractivity contribution in [2.24, 2.45) is 0 Å². The molecule has 6 heteroatoms. The molecule has 0 saturated heterocycles. The maximum absolute atomic E-state index is 14.0. The second kappa shape index (κ2) is 6.61. The third-order valence-electron chi connectivity index (χ3n) is 3.21. The highest BCUT2D eigenvalue weighted by atomic mass is 35.5. The zero-order chi connectivity index (χ0) is 14.7. The van der Waals surface area contributed by atoms with Crippen LogP contribution in [0.3, 0.4) is 0 Å². The molecule has 20 heavy (non-hydrogen) atoms. The van der Waals surface area contributed by atoms with Crippen molar-refractivity contribution in [2.75, 3.05) is 7.05 Å². The quantitative estimate of drug-likeness (QED) is 0.908. The first-order valence-corrected chi connectivity index (χ1v) is 7.62. The lowest BCUT2D eigenvalue weighted by atomic mass is 10.00. The minimum absolute atomic E-state index is 0.0135. The van der Waals surface area contributed by atoms with Crippen molar-refractivity contribution in [3.05, 3.63) is 45.2 Å². The van der Waals surface area contributed by atoms with Crippen LogP contribution < -0.4 is 5.32 Å². The molecule has 1 unspecified atom stereocenters. The fourth-order valence-electron chi connectivity index (χ4n) is 2.10. The predicted octanol–water partition coefficient (Wildman–Crippen LogP) is 3.96. The summed E-state index contributed by atoms with van der Waals surface area (Å²) < 4.78 is 18.0. The molecule has 3 nitrogen and oxygen atoms in total. The van der Waals surface area contributed by atoms with Crippen molar-refractivity contribution >= 4 is 23.1 Å². The van der Waals surface area contributed by atoms with Gasteiger partial charge in [0.15, 0.2) is 0 Å². The van der Waals surface area contributed by atoms with E-state index < -0.39 is 0 Å². The van der Waals surface area contributed by atoms with Gasteiger partial charge in [-0.2, -0.15) is 0 Å². The van der Waals surface area contributed by atoms with Gasteiger partial charge < -0.3 is 5.32 Å². The number of hydrogen-bond acceptors (Lipinski definition) is 4. The van der Waals surface area contributed by atoms with Crippen molar-refractivity contribution in [3.63, 3.8) is 0 Å². The third kappa shape index (κ3) is 3.16. The van der Waals surface area contributed by atoms with Crippen LogP contribution in [0.2, 0.25) is 5.02 Å². The molecule has 108 valence electrons. The third-order valence-corrected chi connectivity index (χ3v) is 4.35. The lowest BCUT2D eigenvalue weighted by molar-refractivity contribution is 0.554. The van der Waals surface area contributed by atoms with Gasteiger partial charge in [0.2, 0.25) is 0 Å². The molecule has 0 bridgehead atoms. The van der Waals surface area contributed by atoms with Crippen LogP contribution in [0.15, 0.2) is 18.2 Å². The summed E-state index contributed by atoms with van der Waals surface area (Å²) in [5.74, 6) is -0.0539. The van der Waals surface area contributed by atoms with E-state index in [9.17, 15) is 4.39 Å². The van der Waals surface area contributed by atoms with E-state index in [1.807, 2.05) is 7.05 Å². The average Bonchev–Trinajstić information content (AvgIpc) is 2.90. The summed E-state index contributed by atoms with van der Waals surface area (Å²) in [7, 11) is 1.86. The van der Waals surface area contributed by atoms with Gasteiger partial charge in [-0.3, -0.25) is 0 Å². The summed E-state index contributed by atoms with van der Waals surface area (Å²) >= 11 is 7.19. The molecule has 1 aromatic carbocycles. The van der Waals surface area contributed by atoms with E-state index in [1.54, 1.807) is 18.2 Å². The maximum Gasteiger partial charge on any atom is 0.145 e. The van der Waals surface area contributed by atoms with Crippen molar-refractivity contribution < 1.29 is 4.39 Å². The minimum atomic E-state index is -0.349. The van der Waals surface area contributed by atoms with Crippen LogP contribution in [0, 0.1) is 5.82 Å². The van der Waals surface area contributed by atoms with Crippen molar-refractivity contribution in [1.82, 2.24) is 14.9 Å². The molecule has 0 spiro atoms. The molecule has 1 heterocycles. The van der Waals surface area contributed by atoms with E-state index in [0.717, 1.165) is 10.6 Å². The Morgan fingerprint density at radius 3 is 2.80 bits per heavy atom. The largest absolute Gasteiger partial charge is 0.312 e. The van der Waals surface area contributed by atoms with Crippen molar-refractivity contribution in [3.8, 4) is 0 Å². The topological polar surface area (TPSA) is 37.8 Å². The number of benzene rings is 1. The monoisotopic (exact) mass is 313 g/mol. The van der Waals surface area contributed by atoms with Gasteiger partial charge in [-0.15, -0.1) is 5.10 Å². The zero-order valence-electron chi connectivity index (χ0n) is 11.7. The second-order valence-corrected chi connectivity index (χ2v) is 6.13. The van der Waals surface area contributed by atoms with Crippen LogP contribution in [-0.2, 0) is 6.42 Å². The van der Waals surface area contributed by atoms with Gasteiger partial charge in [0.25, 0.3) is 0 Å². The van der Waals surface area contributed by atoms with Crippen LogP contribution >= 0.6 is 23.1 Å². The summed E-state index contributed by atoms with van der Waals surface area (Å²) in [4.78, 5) is 1.06. The number of nitrogens with one attached hydrogen (secondary N) is 1. The van der Waals surface area contributed by atoms with Gasteiger partial charge in [-0.25, -0.2) is 4.39 Å². The van der Waals surface area contributed by atoms with E-state index in [2.05, 4.69) is 28.8 Å². The number of halogens is 2. The molecule has 0 radical (unpaired) electrons. The van der Waals surface area contributed by atoms with E-state index in [1.165, 1.54) is 11.5 Å². The first-order chi connectivity index (χ1) is 9.54. The minimum Gasteiger partial charge on any atom is -0.312 e. The van der Waals surface area contributed by atoms with Gasteiger partial charge in [-0.05, 0) is 42.5 Å². The van der Waals surface area contributed by atoms with E-state index in [4.69, 9.17) is 11.6 Å². The number of likely N-dealkylation sites (N-methyl/N-ethyl adjacent to an activating group) is 1. The molecule has 0 amide bonds.